The van der Waals surface area contributed by atoms with Crippen molar-refractivity contribution in [2.75, 3.05) is 0 Å². The van der Waals surface area contributed by atoms with Crippen LogP contribution in [0.1, 0.15) is 27.4 Å². The molecule has 7 aromatic carbocycles. The van der Waals surface area contributed by atoms with Gasteiger partial charge in [0, 0.05) is 10.8 Å². The van der Waals surface area contributed by atoms with Crippen molar-refractivity contribution in [3.63, 3.8) is 0 Å². The molecule has 35 heavy (non-hydrogen) atoms. The highest BCUT2D eigenvalue weighted by Gasteiger charge is 2.18. The number of hydrogen-bond donors (Lipinski definition) is 0. The van der Waals surface area contributed by atoms with Crippen molar-refractivity contribution in [3.8, 4) is 11.1 Å². The van der Waals surface area contributed by atoms with Crippen molar-refractivity contribution >= 4 is 65.0 Å². The largest absolute Gasteiger partial charge is 0.456 e. The molecule has 0 saturated heterocycles. The third-order valence-corrected chi connectivity index (χ3v) is 5.89. The molecule has 1 heteroatoms. The third-order valence-electron chi connectivity index (χ3n) is 5.89. The summed E-state index contributed by atoms with van der Waals surface area (Å²) in [6.07, 6.45) is 0. The van der Waals surface area contributed by atoms with Crippen LogP contribution < -0.4 is 0 Å². The fourth-order valence-corrected chi connectivity index (χ4v) is 4.42. The first kappa shape index (κ1) is 7.96. The van der Waals surface area contributed by atoms with E-state index in [0.29, 0.717) is 0 Å². The van der Waals surface area contributed by atoms with E-state index in [1.54, 1.807) is 0 Å². The van der Waals surface area contributed by atoms with E-state index in [0.717, 1.165) is 0 Å². The van der Waals surface area contributed by atoms with Gasteiger partial charge in [0.25, 0.3) is 0 Å². The van der Waals surface area contributed by atoms with Crippen LogP contribution in [-0.2, 0) is 0 Å². The maximum atomic E-state index is 9.36. The lowest BCUT2D eigenvalue weighted by molar-refractivity contribution is 0.669. The fourth-order valence-electron chi connectivity index (χ4n) is 4.42. The van der Waals surface area contributed by atoms with E-state index in [-0.39, 0.29) is 10.8 Å². The SMILES string of the molecule is [2H]c1c([2H])c(-c2c3c([2H])c([2H])c([2H])c([2H])c3c([2H])c3c2c([2H])c([2H])c2c([2H])c([2H])c([2H])c([2H])c23)c2c(oc3c([2H])c4c([2H])c([2H])c([2H])c([2H])c4c([2H])c32)c1[2H]. The summed E-state index contributed by atoms with van der Waals surface area (Å²) in [6.45, 7) is 0. The van der Waals surface area contributed by atoms with E-state index in [1.807, 2.05) is 0 Å². The van der Waals surface area contributed by atoms with Crippen molar-refractivity contribution in [2.45, 2.75) is 0 Å². The highest BCUT2D eigenvalue weighted by atomic mass is 16.3. The zero-order chi connectivity index (χ0) is 40.3. The molecule has 1 aromatic heterocycles. The lowest BCUT2D eigenvalue weighted by atomic mass is 9.88. The summed E-state index contributed by atoms with van der Waals surface area (Å²) < 4.78 is 182. The lowest BCUT2D eigenvalue weighted by Crippen LogP contribution is -1.88. The van der Waals surface area contributed by atoms with Crippen molar-refractivity contribution in [1.82, 2.24) is 0 Å². The van der Waals surface area contributed by atoms with E-state index in [4.69, 9.17) is 26.3 Å². The summed E-state index contributed by atoms with van der Waals surface area (Å²) in [5, 5.41) is -4.48. The molecule has 8 aromatic rings. The van der Waals surface area contributed by atoms with Crippen LogP contribution in [0.25, 0.3) is 76.2 Å². The van der Waals surface area contributed by atoms with Gasteiger partial charge in [-0.1, -0.05) is 96.7 Å². The predicted molar refractivity (Wildman–Crippen MR) is 149 cm³/mol. The second kappa shape index (κ2) is 6.94. The smallest absolute Gasteiger partial charge is 0.136 e. The molecule has 0 aliphatic heterocycles. The van der Waals surface area contributed by atoms with Crippen LogP contribution in [0.15, 0.2) is 125 Å². The maximum absolute atomic E-state index is 9.36. The number of benzene rings is 7. The van der Waals surface area contributed by atoms with Crippen LogP contribution in [0, 0.1) is 0 Å². The van der Waals surface area contributed by atoms with Crippen LogP contribution in [0.5, 0.6) is 0 Å². The minimum atomic E-state index is -0.828. The molecule has 0 unspecified atom stereocenters. The topological polar surface area (TPSA) is 13.1 Å². The summed E-state index contributed by atoms with van der Waals surface area (Å²) in [6, 6.07) is -14.9. The summed E-state index contributed by atoms with van der Waals surface area (Å²) in [4.78, 5) is 0. The second-order valence-electron chi connectivity index (χ2n) is 7.76. The number of hydrogen-bond acceptors (Lipinski definition) is 1. The zero-order valence-corrected chi connectivity index (χ0v) is 17.4. The van der Waals surface area contributed by atoms with Crippen LogP contribution in [0.2, 0.25) is 0 Å². The minimum absolute atomic E-state index is 0.382. The highest BCUT2D eigenvalue weighted by Crippen LogP contribution is 2.44. The van der Waals surface area contributed by atoms with E-state index in [1.165, 1.54) is 0 Å². The molecule has 1 heterocycles. The highest BCUT2D eigenvalue weighted by molar-refractivity contribution is 6.25. The molecule has 0 spiro atoms. The first-order valence-electron chi connectivity index (χ1n) is 20.4. The van der Waals surface area contributed by atoms with Gasteiger partial charge in [-0.2, -0.15) is 0 Å². The normalized spacial score (nSPS) is 20.0. The molecular formula is C34H20O. The molecule has 0 aliphatic rings. The van der Waals surface area contributed by atoms with E-state index >= 15 is 0 Å². The Labute approximate surface area is 229 Å². The number of fused-ring (bicyclic) bond motifs is 8. The van der Waals surface area contributed by atoms with Gasteiger partial charge in [-0.3, -0.25) is 0 Å². The average Bonchev–Trinajstić information content (AvgIpc) is 3.56. The Balaban J connectivity index is 1.81. The number of furan rings is 1. The quantitative estimate of drug-likeness (QED) is 0.174. The van der Waals surface area contributed by atoms with Crippen molar-refractivity contribution < 1.29 is 31.8 Å². The van der Waals surface area contributed by atoms with Gasteiger partial charge in [-0.05, 0) is 78.4 Å². The maximum Gasteiger partial charge on any atom is 0.136 e. The summed E-state index contributed by atoms with van der Waals surface area (Å²) in [5.41, 5.74) is -2.03. The minimum Gasteiger partial charge on any atom is -0.456 e. The van der Waals surface area contributed by atoms with Gasteiger partial charge in [0.1, 0.15) is 11.2 Å². The Morgan fingerprint density at radius 2 is 1.11 bits per heavy atom. The summed E-state index contributed by atoms with van der Waals surface area (Å²) in [5.74, 6) is 0. The molecule has 0 fully saturated rings. The molecule has 0 radical (unpaired) electrons. The fraction of sp³-hybridized carbons (Fsp3) is 0. The van der Waals surface area contributed by atoms with Crippen LogP contribution in [0.4, 0.5) is 0 Å². The molecule has 0 amide bonds. The van der Waals surface area contributed by atoms with Crippen molar-refractivity contribution in [1.29, 1.82) is 0 Å². The van der Waals surface area contributed by atoms with Gasteiger partial charge in [0.05, 0.1) is 27.4 Å². The van der Waals surface area contributed by atoms with Gasteiger partial charge in [0.15, 0.2) is 0 Å². The van der Waals surface area contributed by atoms with Crippen LogP contribution in [0.3, 0.4) is 0 Å². The molecule has 0 bridgehead atoms. The standard InChI is InChI=1S/C34H20O/c1-2-10-23-20-32-30(18-22(23)9-1)34-28(14-7-15-31(34)35-32)33-26-13-6-4-11-24(26)19-29-25-12-5-3-8-21(25)16-17-27(29)33/h1-20H/i1D,2D,3D,4D,5D,6D,7D,8D,9D,10D,11D,12D,13D,14D,15D,16D,17D,18D,19D,20D. The summed E-state index contributed by atoms with van der Waals surface area (Å²) >= 11 is 0. The van der Waals surface area contributed by atoms with Crippen molar-refractivity contribution in [2.24, 2.45) is 0 Å². The Morgan fingerprint density at radius 1 is 0.429 bits per heavy atom. The van der Waals surface area contributed by atoms with E-state index in [2.05, 4.69) is 0 Å². The van der Waals surface area contributed by atoms with Gasteiger partial charge in [0.2, 0.25) is 0 Å². The Hall–Kier alpha value is -4.62. The molecule has 8 rings (SSSR count). The predicted octanol–water partition coefficient (Wildman–Crippen LogP) is 9.87. The first-order chi connectivity index (χ1) is 25.7. The average molecular weight is 465 g/mol. The molecule has 1 nitrogen and oxygen atoms in total. The Bertz CT molecular complexity index is 3200. The molecule has 0 N–H and O–H groups in total. The van der Waals surface area contributed by atoms with Crippen molar-refractivity contribution in [3.05, 3.63) is 121 Å². The molecular weight excluding hydrogens is 424 g/mol. The molecule has 162 valence electrons. The van der Waals surface area contributed by atoms with Gasteiger partial charge < -0.3 is 4.42 Å². The zero-order valence-electron chi connectivity index (χ0n) is 37.4. The molecule has 0 atom stereocenters. The molecule has 0 aliphatic carbocycles. The number of rotatable bonds is 1. The third kappa shape index (κ3) is 2.64. The Morgan fingerprint density at radius 3 is 1.97 bits per heavy atom. The van der Waals surface area contributed by atoms with Gasteiger partial charge in [-0.15, -0.1) is 0 Å². The second-order valence-corrected chi connectivity index (χ2v) is 7.76. The molecule has 0 saturated carbocycles. The van der Waals surface area contributed by atoms with E-state index < -0.39 is 186 Å². The lowest BCUT2D eigenvalue weighted by Gasteiger charge is -2.15. The van der Waals surface area contributed by atoms with Crippen LogP contribution >= 0.6 is 0 Å². The first-order valence-corrected chi connectivity index (χ1v) is 10.4. The Kier molecular flexibility index (Phi) is 1.58. The monoisotopic (exact) mass is 464 g/mol. The van der Waals surface area contributed by atoms with E-state index in [9.17, 15) is 5.48 Å². The van der Waals surface area contributed by atoms with Crippen LogP contribution in [-0.4, -0.2) is 0 Å². The van der Waals surface area contributed by atoms with Gasteiger partial charge >= 0.3 is 0 Å². The summed E-state index contributed by atoms with van der Waals surface area (Å²) in [7, 11) is 0. The van der Waals surface area contributed by atoms with Gasteiger partial charge in [-0.25, -0.2) is 0 Å².